The zero-order valence-corrected chi connectivity index (χ0v) is 8.69. The monoisotopic (exact) mass is 218 g/mol. The van der Waals surface area contributed by atoms with Crippen molar-refractivity contribution in [3.05, 3.63) is 50.3 Å². The lowest BCUT2D eigenvalue weighted by atomic mass is 10.1. The Balaban J connectivity index is 2.94. The highest BCUT2D eigenvalue weighted by Gasteiger charge is 2.20. The smallest absolute Gasteiger partial charge is 0.335 e. The summed E-state index contributed by atoms with van der Waals surface area (Å²) < 4.78 is 0. The van der Waals surface area contributed by atoms with Gasteiger partial charge in [-0.3, -0.25) is 14.9 Å². The molecule has 0 bridgehead atoms. The molecule has 1 heterocycles. The van der Waals surface area contributed by atoms with Crippen LogP contribution in [0.3, 0.4) is 0 Å². The minimum Gasteiger partial charge on any atom is -0.353 e. The van der Waals surface area contributed by atoms with Gasteiger partial charge in [0, 0.05) is 5.52 Å². The molecule has 1 aromatic heterocycles. The Morgan fingerprint density at radius 3 is 2.69 bits per heavy atom. The molecule has 0 fully saturated rings. The van der Waals surface area contributed by atoms with E-state index in [2.05, 4.69) is 4.98 Å². The maximum Gasteiger partial charge on any atom is 0.335 e. The molecule has 0 unspecified atom stereocenters. The zero-order valence-electron chi connectivity index (χ0n) is 8.69. The van der Waals surface area contributed by atoms with Gasteiger partial charge in [0.15, 0.2) is 0 Å². The molecule has 0 radical (unpaired) electrons. The fourth-order valence-electron chi connectivity index (χ4n) is 1.73. The third-order valence-corrected chi connectivity index (χ3v) is 2.49. The lowest BCUT2D eigenvalue weighted by Gasteiger charge is -2.02. The molecule has 16 heavy (non-hydrogen) atoms. The molecule has 0 aliphatic rings. The van der Waals surface area contributed by atoms with Crippen LogP contribution in [0.25, 0.3) is 10.9 Å². The summed E-state index contributed by atoms with van der Waals surface area (Å²) in [5, 5.41) is 11.2. The first kappa shape index (κ1) is 10.4. The summed E-state index contributed by atoms with van der Waals surface area (Å²) in [5.41, 5.74) is 0.140. The summed E-state index contributed by atoms with van der Waals surface area (Å²) in [7, 11) is 0. The molecule has 2 aromatic rings. The van der Waals surface area contributed by atoms with Crippen LogP contribution in [0.15, 0.2) is 29.1 Å². The molecule has 0 atom stereocenters. The topological polar surface area (TPSA) is 76.0 Å². The zero-order chi connectivity index (χ0) is 11.7. The number of H-pyrrole nitrogens is 1. The van der Waals surface area contributed by atoms with Gasteiger partial charge in [-0.1, -0.05) is 19.1 Å². The normalized spacial score (nSPS) is 10.6. The molecule has 0 saturated heterocycles. The summed E-state index contributed by atoms with van der Waals surface area (Å²) in [6, 6.07) is 6.79. The van der Waals surface area contributed by atoms with Crippen molar-refractivity contribution in [1.29, 1.82) is 0 Å². The largest absolute Gasteiger partial charge is 0.353 e. The van der Waals surface area contributed by atoms with Crippen LogP contribution < -0.4 is 5.43 Å². The van der Waals surface area contributed by atoms with Crippen LogP contribution >= 0.6 is 0 Å². The quantitative estimate of drug-likeness (QED) is 0.618. The van der Waals surface area contributed by atoms with E-state index < -0.39 is 10.4 Å². The Bertz CT molecular complexity index is 616. The van der Waals surface area contributed by atoms with E-state index in [1.54, 1.807) is 31.2 Å². The second-order valence-corrected chi connectivity index (χ2v) is 3.44. The van der Waals surface area contributed by atoms with Gasteiger partial charge in [-0.15, -0.1) is 0 Å². The van der Waals surface area contributed by atoms with Gasteiger partial charge in [-0.05, 0) is 18.6 Å². The Morgan fingerprint density at radius 1 is 1.38 bits per heavy atom. The third-order valence-electron chi connectivity index (χ3n) is 2.49. The molecule has 1 aromatic carbocycles. The number of benzene rings is 1. The van der Waals surface area contributed by atoms with Crippen LogP contribution in [0.5, 0.6) is 0 Å². The van der Waals surface area contributed by atoms with Gasteiger partial charge in [0.25, 0.3) is 5.43 Å². The maximum atomic E-state index is 11.9. The van der Waals surface area contributed by atoms with Gasteiger partial charge in [-0.2, -0.15) is 0 Å². The highest BCUT2D eigenvalue weighted by molar-refractivity contribution is 5.81. The Hall–Kier alpha value is -2.17. The van der Waals surface area contributed by atoms with Crippen molar-refractivity contribution in [3.63, 3.8) is 0 Å². The average molecular weight is 218 g/mol. The summed E-state index contributed by atoms with van der Waals surface area (Å²) in [6.45, 7) is 1.77. The number of aryl methyl sites for hydroxylation is 1. The van der Waals surface area contributed by atoms with Crippen molar-refractivity contribution in [2.45, 2.75) is 13.3 Å². The minimum atomic E-state index is -0.621. The van der Waals surface area contributed by atoms with Crippen molar-refractivity contribution in [2.75, 3.05) is 0 Å². The van der Waals surface area contributed by atoms with Crippen molar-refractivity contribution in [3.8, 4) is 0 Å². The van der Waals surface area contributed by atoms with Gasteiger partial charge in [-0.25, -0.2) is 0 Å². The van der Waals surface area contributed by atoms with E-state index >= 15 is 0 Å². The fraction of sp³-hybridized carbons (Fsp3) is 0.182. The van der Waals surface area contributed by atoms with Crippen LogP contribution in [0.4, 0.5) is 5.69 Å². The first-order valence-corrected chi connectivity index (χ1v) is 4.93. The van der Waals surface area contributed by atoms with E-state index in [0.29, 0.717) is 23.0 Å². The molecular formula is C11H10N2O3. The fourth-order valence-corrected chi connectivity index (χ4v) is 1.73. The van der Waals surface area contributed by atoms with E-state index in [0.717, 1.165) is 0 Å². The Kier molecular flexibility index (Phi) is 2.44. The van der Waals surface area contributed by atoms with Crippen LogP contribution in [0.1, 0.15) is 12.6 Å². The van der Waals surface area contributed by atoms with E-state index in [9.17, 15) is 14.9 Å². The molecule has 5 heteroatoms. The number of para-hydroxylation sites is 1. The standard InChI is InChI=1S/C11H10N2O3/c1-2-8-10(13(15)16)11(14)7-5-3-4-6-9(7)12-8/h3-6H,2H2,1H3,(H,12,14). The van der Waals surface area contributed by atoms with Crippen molar-refractivity contribution in [1.82, 2.24) is 4.98 Å². The second-order valence-electron chi connectivity index (χ2n) is 3.44. The van der Waals surface area contributed by atoms with Crippen molar-refractivity contribution < 1.29 is 4.92 Å². The average Bonchev–Trinajstić information content (AvgIpc) is 2.28. The summed E-state index contributed by atoms with van der Waals surface area (Å²) >= 11 is 0. The SMILES string of the molecule is CCc1[nH]c2ccccc2c(=O)c1[N+](=O)[O-]. The number of fused-ring (bicyclic) bond motifs is 1. The van der Waals surface area contributed by atoms with Crippen LogP contribution in [0.2, 0.25) is 0 Å². The number of hydrogen-bond donors (Lipinski definition) is 1. The lowest BCUT2D eigenvalue weighted by Crippen LogP contribution is -2.13. The molecule has 0 spiro atoms. The summed E-state index contributed by atoms with van der Waals surface area (Å²) in [4.78, 5) is 25.0. The maximum absolute atomic E-state index is 11.9. The van der Waals surface area contributed by atoms with Gasteiger partial charge in [0.1, 0.15) is 0 Å². The van der Waals surface area contributed by atoms with Crippen LogP contribution in [0, 0.1) is 10.1 Å². The Morgan fingerprint density at radius 2 is 2.06 bits per heavy atom. The molecule has 0 aliphatic heterocycles. The van der Waals surface area contributed by atoms with E-state index in [4.69, 9.17) is 0 Å². The molecular weight excluding hydrogens is 208 g/mol. The first-order chi connectivity index (χ1) is 7.65. The highest BCUT2D eigenvalue weighted by atomic mass is 16.6. The Labute approximate surface area is 90.9 Å². The van der Waals surface area contributed by atoms with Crippen molar-refractivity contribution >= 4 is 16.6 Å². The minimum absolute atomic E-state index is 0.346. The van der Waals surface area contributed by atoms with Gasteiger partial charge in [0.2, 0.25) is 0 Å². The van der Waals surface area contributed by atoms with Crippen LogP contribution in [-0.4, -0.2) is 9.91 Å². The molecule has 0 amide bonds. The van der Waals surface area contributed by atoms with E-state index in [-0.39, 0.29) is 5.69 Å². The van der Waals surface area contributed by atoms with E-state index in [1.165, 1.54) is 0 Å². The number of nitro groups is 1. The number of hydrogen-bond acceptors (Lipinski definition) is 3. The number of rotatable bonds is 2. The van der Waals surface area contributed by atoms with Crippen LogP contribution in [-0.2, 0) is 6.42 Å². The molecule has 82 valence electrons. The van der Waals surface area contributed by atoms with Crippen molar-refractivity contribution in [2.24, 2.45) is 0 Å². The number of aromatic nitrogens is 1. The molecule has 5 nitrogen and oxygen atoms in total. The highest BCUT2D eigenvalue weighted by Crippen LogP contribution is 2.17. The molecule has 2 rings (SSSR count). The molecule has 0 aliphatic carbocycles. The second kappa shape index (κ2) is 3.77. The predicted octanol–water partition coefficient (Wildman–Crippen LogP) is 2.00. The first-order valence-electron chi connectivity index (χ1n) is 4.93. The van der Waals surface area contributed by atoms with E-state index in [1.807, 2.05) is 0 Å². The predicted molar refractivity (Wildman–Crippen MR) is 60.6 cm³/mol. The van der Waals surface area contributed by atoms with Gasteiger partial charge >= 0.3 is 5.69 Å². The van der Waals surface area contributed by atoms with Gasteiger partial charge < -0.3 is 4.98 Å². The molecule has 0 saturated carbocycles. The summed E-state index contributed by atoms with van der Waals surface area (Å²) in [6.07, 6.45) is 0.427. The number of nitrogens with zero attached hydrogens (tertiary/aromatic N) is 1. The molecule has 1 N–H and O–H groups in total. The summed E-state index contributed by atoms with van der Waals surface area (Å²) in [5.74, 6) is 0. The third kappa shape index (κ3) is 1.46. The number of nitrogens with one attached hydrogen (secondary N) is 1. The number of aromatic amines is 1. The number of pyridine rings is 1. The van der Waals surface area contributed by atoms with Gasteiger partial charge in [0.05, 0.1) is 16.0 Å². The lowest BCUT2D eigenvalue weighted by molar-refractivity contribution is -0.386.